The van der Waals surface area contributed by atoms with Crippen LogP contribution in [0.4, 0.5) is 4.79 Å². The average Bonchev–Trinajstić information content (AvgIpc) is 3.31. The van der Waals surface area contributed by atoms with Gasteiger partial charge in [-0.2, -0.15) is 0 Å². The van der Waals surface area contributed by atoms with Crippen molar-refractivity contribution in [2.24, 2.45) is 0 Å². The van der Waals surface area contributed by atoms with Crippen LogP contribution in [-0.2, 0) is 16.1 Å². The third-order valence-electron chi connectivity index (χ3n) is 5.44. The molecule has 0 unspecified atom stereocenters. The number of aromatic nitrogens is 1. The lowest BCUT2D eigenvalue weighted by atomic mass is 10.1. The van der Waals surface area contributed by atoms with Crippen LogP contribution in [0.1, 0.15) is 33.8 Å². The SMILES string of the molecule is Cc1ccc(-n2c(C)cc(/C=C3\C(=O)NC(=O)N(Cc4ccco4)C3=O)c2C)c(C)c1. The van der Waals surface area contributed by atoms with E-state index in [0.717, 1.165) is 33.1 Å². The van der Waals surface area contributed by atoms with E-state index in [9.17, 15) is 14.4 Å². The molecule has 4 amide bonds. The number of aryl methyl sites for hydroxylation is 3. The summed E-state index contributed by atoms with van der Waals surface area (Å²) in [5.74, 6) is -0.909. The normalized spacial score (nSPS) is 15.7. The molecule has 0 atom stereocenters. The number of furan rings is 1. The summed E-state index contributed by atoms with van der Waals surface area (Å²) in [6.45, 7) is 7.96. The molecule has 1 saturated heterocycles. The van der Waals surface area contributed by atoms with E-state index in [1.807, 2.05) is 26.8 Å². The van der Waals surface area contributed by atoms with Gasteiger partial charge in [-0.15, -0.1) is 0 Å². The van der Waals surface area contributed by atoms with Gasteiger partial charge in [-0.25, -0.2) is 4.79 Å². The predicted octanol–water partition coefficient (Wildman–Crippen LogP) is 3.97. The van der Waals surface area contributed by atoms with Crippen LogP contribution in [0.25, 0.3) is 11.8 Å². The molecular weight excluding hydrogens is 394 g/mol. The van der Waals surface area contributed by atoms with E-state index in [1.165, 1.54) is 11.8 Å². The molecule has 1 N–H and O–H groups in total. The molecule has 3 aromatic rings. The highest BCUT2D eigenvalue weighted by Gasteiger charge is 2.36. The Kier molecular flexibility index (Phi) is 5.10. The molecule has 0 saturated carbocycles. The van der Waals surface area contributed by atoms with Crippen LogP contribution in [0.15, 0.2) is 52.7 Å². The number of imide groups is 2. The quantitative estimate of drug-likeness (QED) is 0.514. The van der Waals surface area contributed by atoms with E-state index < -0.39 is 17.8 Å². The maximum Gasteiger partial charge on any atom is 0.331 e. The van der Waals surface area contributed by atoms with E-state index in [1.54, 1.807) is 18.2 Å². The van der Waals surface area contributed by atoms with Crippen molar-refractivity contribution >= 4 is 23.9 Å². The number of urea groups is 1. The zero-order chi connectivity index (χ0) is 22.3. The number of nitrogens with zero attached hydrogens (tertiary/aromatic N) is 2. The number of amides is 4. The van der Waals surface area contributed by atoms with Gasteiger partial charge in [-0.3, -0.25) is 19.8 Å². The Morgan fingerprint density at radius 3 is 2.48 bits per heavy atom. The smallest absolute Gasteiger partial charge is 0.331 e. The summed E-state index contributed by atoms with van der Waals surface area (Å²) in [7, 11) is 0. The largest absolute Gasteiger partial charge is 0.467 e. The number of hydrogen-bond acceptors (Lipinski definition) is 4. The lowest BCUT2D eigenvalue weighted by Gasteiger charge is -2.25. The van der Waals surface area contributed by atoms with Crippen molar-refractivity contribution < 1.29 is 18.8 Å². The van der Waals surface area contributed by atoms with Crippen LogP contribution in [0.2, 0.25) is 0 Å². The summed E-state index contributed by atoms with van der Waals surface area (Å²) in [4.78, 5) is 38.6. The number of rotatable bonds is 4. The number of carbonyl (C=O) groups is 3. The van der Waals surface area contributed by atoms with Gasteiger partial charge in [-0.05, 0) is 69.2 Å². The summed E-state index contributed by atoms with van der Waals surface area (Å²) in [6.07, 6.45) is 3.01. The Bertz CT molecular complexity index is 1230. The van der Waals surface area contributed by atoms with Gasteiger partial charge in [0.2, 0.25) is 0 Å². The number of carbonyl (C=O) groups excluding carboxylic acids is 3. The van der Waals surface area contributed by atoms with Gasteiger partial charge in [-0.1, -0.05) is 17.7 Å². The Labute approximate surface area is 180 Å². The Morgan fingerprint density at radius 2 is 1.81 bits per heavy atom. The van der Waals surface area contributed by atoms with Crippen LogP contribution in [-0.4, -0.2) is 27.3 Å². The van der Waals surface area contributed by atoms with Crippen molar-refractivity contribution in [2.45, 2.75) is 34.2 Å². The zero-order valence-electron chi connectivity index (χ0n) is 17.9. The molecule has 1 aliphatic rings. The van der Waals surface area contributed by atoms with E-state index >= 15 is 0 Å². The molecule has 1 fully saturated rings. The first-order valence-electron chi connectivity index (χ1n) is 9.94. The van der Waals surface area contributed by atoms with Crippen molar-refractivity contribution in [3.63, 3.8) is 0 Å². The Hall–Kier alpha value is -3.87. The van der Waals surface area contributed by atoms with Gasteiger partial charge in [0.25, 0.3) is 11.8 Å². The lowest BCUT2D eigenvalue weighted by molar-refractivity contribution is -0.130. The molecule has 3 heterocycles. The van der Waals surface area contributed by atoms with Crippen LogP contribution < -0.4 is 5.32 Å². The molecular formula is C24H23N3O4. The highest BCUT2D eigenvalue weighted by molar-refractivity contribution is 6.31. The first-order chi connectivity index (χ1) is 14.8. The topological polar surface area (TPSA) is 84.6 Å². The molecule has 0 bridgehead atoms. The molecule has 1 aromatic carbocycles. The Balaban J connectivity index is 1.73. The van der Waals surface area contributed by atoms with Crippen molar-refractivity contribution in [2.75, 3.05) is 0 Å². The third kappa shape index (κ3) is 3.70. The molecule has 7 heteroatoms. The average molecular weight is 417 g/mol. The summed E-state index contributed by atoms with van der Waals surface area (Å²) in [6, 6.07) is 10.7. The molecule has 0 aliphatic carbocycles. The Morgan fingerprint density at radius 1 is 1.03 bits per heavy atom. The monoisotopic (exact) mass is 417 g/mol. The van der Waals surface area contributed by atoms with Crippen molar-refractivity contribution in [1.29, 1.82) is 0 Å². The first-order valence-corrected chi connectivity index (χ1v) is 9.94. The van der Waals surface area contributed by atoms with E-state index in [-0.39, 0.29) is 12.1 Å². The fourth-order valence-corrected chi connectivity index (χ4v) is 3.91. The van der Waals surface area contributed by atoms with Gasteiger partial charge >= 0.3 is 6.03 Å². The number of benzene rings is 1. The fourth-order valence-electron chi connectivity index (χ4n) is 3.91. The second kappa shape index (κ2) is 7.75. The molecule has 4 rings (SSSR count). The van der Waals surface area contributed by atoms with Gasteiger partial charge in [0.15, 0.2) is 0 Å². The third-order valence-corrected chi connectivity index (χ3v) is 5.44. The van der Waals surface area contributed by atoms with Crippen LogP contribution in [0.3, 0.4) is 0 Å². The highest BCUT2D eigenvalue weighted by Crippen LogP contribution is 2.26. The second-order valence-corrected chi connectivity index (χ2v) is 7.74. The summed E-state index contributed by atoms with van der Waals surface area (Å²) in [5.41, 5.74) is 5.87. The second-order valence-electron chi connectivity index (χ2n) is 7.74. The van der Waals surface area contributed by atoms with Gasteiger partial charge in [0, 0.05) is 17.1 Å². The first kappa shape index (κ1) is 20.4. The van der Waals surface area contributed by atoms with Crippen LogP contribution in [0.5, 0.6) is 0 Å². The van der Waals surface area contributed by atoms with Gasteiger partial charge in [0.05, 0.1) is 12.8 Å². The van der Waals surface area contributed by atoms with Crippen LogP contribution >= 0.6 is 0 Å². The van der Waals surface area contributed by atoms with Gasteiger partial charge in [0.1, 0.15) is 11.3 Å². The summed E-state index contributed by atoms with van der Waals surface area (Å²) < 4.78 is 7.33. The van der Waals surface area contributed by atoms with Crippen LogP contribution in [0, 0.1) is 27.7 Å². The highest BCUT2D eigenvalue weighted by atomic mass is 16.3. The van der Waals surface area contributed by atoms with Crippen molar-refractivity contribution in [3.8, 4) is 5.69 Å². The van der Waals surface area contributed by atoms with Crippen molar-refractivity contribution in [3.05, 3.63) is 82.1 Å². The minimum atomic E-state index is -0.760. The molecule has 31 heavy (non-hydrogen) atoms. The standard InChI is InChI=1S/C24H23N3O4/c1-14-7-8-21(15(2)10-14)27-16(3)11-18(17(27)4)12-20-22(28)25-24(30)26(23(20)29)13-19-6-5-9-31-19/h5-12H,13H2,1-4H3,(H,25,28,30)/b20-12+. The molecule has 7 nitrogen and oxygen atoms in total. The molecule has 158 valence electrons. The van der Waals surface area contributed by atoms with Gasteiger partial charge < -0.3 is 8.98 Å². The minimum absolute atomic E-state index is 0.0517. The summed E-state index contributed by atoms with van der Waals surface area (Å²) >= 11 is 0. The molecule has 1 aliphatic heterocycles. The van der Waals surface area contributed by atoms with Crippen molar-refractivity contribution in [1.82, 2.24) is 14.8 Å². The number of nitrogens with one attached hydrogen (secondary N) is 1. The predicted molar refractivity (Wildman–Crippen MR) is 115 cm³/mol. The van der Waals surface area contributed by atoms with E-state index in [4.69, 9.17) is 4.42 Å². The summed E-state index contributed by atoms with van der Waals surface area (Å²) in [5, 5.41) is 2.24. The number of hydrogen-bond donors (Lipinski definition) is 1. The zero-order valence-corrected chi connectivity index (χ0v) is 17.9. The van der Waals surface area contributed by atoms with E-state index in [0.29, 0.717) is 5.76 Å². The van der Waals surface area contributed by atoms with E-state index in [2.05, 4.69) is 35.0 Å². The lowest BCUT2D eigenvalue weighted by Crippen LogP contribution is -2.53. The maximum absolute atomic E-state index is 13.0. The minimum Gasteiger partial charge on any atom is -0.467 e. The molecule has 0 radical (unpaired) electrons. The number of barbiturate groups is 1. The molecule has 2 aromatic heterocycles. The fraction of sp³-hybridized carbons (Fsp3) is 0.208. The molecule has 0 spiro atoms. The maximum atomic E-state index is 13.0.